The molecular formula is C13H23NO2. The highest BCUT2D eigenvalue weighted by molar-refractivity contribution is 5.88. The van der Waals surface area contributed by atoms with Crippen LogP contribution >= 0.6 is 0 Å². The molecule has 0 spiro atoms. The van der Waals surface area contributed by atoms with Crippen molar-refractivity contribution in [3.05, 3.63) is 11.6 Å². The Hall–Kier alpha value is -0.830. The van der Waals surface area contributed by atoms with Crippen LogP contribution in [0.15, 0.2) is 11.6 Å². The van der Waals surface area contributed by atoms with E-state index in [0.717, 1.165) is 31.4 Å². The molecule has 0 aromatic carbocycles. The molecule has 1 aliphatic rings. The summed E-state index contributed by atoms with van der Waals surface area (Å²) < 4.78 is 5.61. The molecule has 1 heterocycles. The van der Waals surface area contributed by atoms with E-state index in [1.54, 1.807) is 6.08 Å². The third-order valence-corrected chi connectivity index (χ3v) is 2.98. The molecule has 1 rings (SSSR count). The van der Waals surface area contributed by atoms with E-state index >= 15 is 0 Å². The first-order valence-electron chi connectivity index (χ1n) is 6.04. The molecule has 1 aliphatic heterocycles. The average molecular weight is 225 g/mol. The van der Waals surface area contributed by atoms with Crippen LogP contribution in [0, 0.1) is 0 Å². The van der Waals surface area contributed by atoms with Crippen LogP contribution in [0.25, 0.3) is 0 Å². The summed E-state index contributed by atoms with van der Waals surface area (Å²) in [5, 5.41) is 3.04. The predicted molar refractivity (Wildman–Crippen MR) is 65.2 cm³/mol. The lowest BCUT2D eigenvalue weighted by Gasteiger charge is -2.35. The summed E-state index contributed by atoms with van der Waals surface area (Å²) in [4.78, 5) is 11.7. The van der Waals surface area contributed by atoms with Crippen LogP contribution in [0.3, 0.4) is 0 Å². The monoisotopic (exact) mass is 225 g/mol. The Morgan fingerprint density at radius 3 is 2.81 bits per heavy atom. The van der Waals surface area contributed by atoms with Crippen molar-refractivity contribution in [3.63, 3.8) is 0 Å². The molecule has 3 nitrogen and oxygen atoms in total. The summed E-state index contributed by atoms with van der Waals surface area (Å²) in [7, 11) is 0. The molecule has 3 heteroatoms. The van der Waals surface area contributed by atoms with Crippen LogP contribution < -0.4 is 5.32 Å². The van der Waals surface area contributed by atoms with E-state index in [4.69, 9.17) is 4.74 Å². The fraction of sp³-hybridized carbons (Fsp3) is 0.769. The van der Waals surface area contributed by atoms with Crippen molar-refractivity contribution >= 4 is 5.91 Å². The molecule has 0 saturated carbocycles. The average Bonchev–Trinajstić information content (AvgIpc) is 2.15. The number of allylic oxidation sites excluding steroid dienone is 1. The molecule has 0 aliphatic carbocycles. The third-order valence-electron chi connectivity index (χ3n) is 2.98. The minimum Gasteiger partial charge on any atom is -0.375 e. The first-order valence-corrected chi connectivity index (χ1v) is 6.04. The van der Waals surface area contributed by atoms with Crippen molar-refractivity contribution in [3.8, 4) is 0 Å². The molecular weight excluding hydrogens is 202 g/mol. The number of carbonyl (C=O) groups excluding carboxylic acids is 1. The number of ether oxygens (including phenoxy) is 1. The van der Waals surface area contributed by atoms with Gasteiger partial charge in [-0.3, -0.25) is 4.79 Å². The maximum absolute atomic E-state index is 11.7. The smallest absolute Gasteiger partial charge is 0.244 e. The molecule has 0 aromatic heterocycles. The lowest BCUT2D eigenvalue weighted by molar-refractivity contribution is -0.119. The number of hydrogen-bond donors (Lipinski definition) is 1. The summed E-state index contributed by atoms with van der Waals surface area (Å²) in [5.74, 6) is 0.0297. The molecule has 0 unspecified atom stereocenters. The van der Waals surface area contributed by atoms with E-state index < -0.39 is 0 Å². The summed E-state index contributed by atoms with van der Waals surface area (Å²) in [6.07, 6.45) is 4.42. The van der Waals surface area contributed by atoms with Gasteiger partial charge >= 0.3 is 0 Å². The van der Waals surface area contributed by atoms with Crippen molar-refractivity contribution < 1.29 is 9.53 Å². The number of hydrogen-bond acceptors (Lipinski definition) is 2. The van der Waals surface area contributed by atoms with Gasteiger partial charge in [-0.1, -0.05) is 12.5 Å². The van der Waals surface area contributed by atoms with E-state index in [9.17, 15) is 4.79 Å². The maximum Gasteiger partial charge on any atom is 0.244 e. The van der Waals surface area contributed by atoms with E-state index in [1.807, 2.05) is 6.92 Å². The molecule has 1 amide bonds. The van der Waals surface area contributed by atoms with Gasteiger partial charge in [-0.25, -0.2) is 0 Å². The number of carbonyl (C=O) groups is 1. The summed E-state index contributed by atoms with van der Waals surface area (Å²) in [6.45, 7) is 8.90. The molecule has 0 radical (unpaired) electrons. The second kappa shape index (κ2) is 5.48. The van der Waals surface area contributed by atoms with Crippen molar-refractivity contribution in [2.45, 2.75) is 58.6 Å². The summed E-state index contributed by atoms with van der Waals surface area (Å²) >= 11 is 0. The molecule has 1 saturated heterocycles. The zero-order chi connectivity index (χ0) is 12.2. The van der Waals surface area contributed by atoms with Crippen molar-refractivity contribution in [2.24, 2.45) is 0 Å². The number of nitrogens with one attached hydrogen (secondary N) is 1. The van der Waals surface area contributed by atoms with Gasteiger partial charge in [-0.2, -0.15) is 0 Å². The largest absolute Gasteiger partial charge is 0.375 e. The van der Waals surface area contributed by atoms with Crippen LogP contribution in [-0.4, -0.2) is 24.2 Å². The first kappa shape index (κ1) is 13.2. The van der Waals surface area contributed by atoms with Gasteiger partial charge in [0.2, 0.25) is 5.91 Å². The molecule has 16 heavy (non-hydrogen) atoms. The Balaban J connectivity index is 2.45. The highest BCUT2D eigenvalue weighted by atomic mass is 16.5. The quantitative estimate of drug-likeness (QED) is 0.749. The SMILES string of the molecule is CC/C(C)=C/C(=O)N[C@@H]1CCOC(C)(C)C1. The van der Waals surface area contributed by atoms with Crippen molar-refractivity contribution in [2.75, 3.05) is 6.61 Å². The van der Waals surface area contributed by atoms with Gasteiger partial charge in [0.1, 0.15) is 0 Å². The summed E-state index contributed by atoms with van der Waals surface area (Å²) in [5.41, 5.74) is 1.00. The Labute approximate surface area is 98.2 Å². The lowest BCUT2D eigenvalue weighted by Crippen LogP contribution is -2.45. The number of rotatable bonds is 3. The minimum absolute atomic E-state index is 0.0297. The predicted octanol–water partition coefficient (Wildman–Crippen LogP) is 2.42. The van der Waals surface area contributed by atoms with E-state index in [1.165, 1.54) is 0 Å². The maximum atomic E-state index is 11.7. The molecule has 1 atom stereocenters. The molecule has 92 valence electrons. The van der Waals surface area contributed by atoms with Crippen LogP contribution in [0.1, 0.15) is 47.0 Å². The molecule has 1 fully saturated rings. The van der Waals surface area contributed by atoms with E-state index in [2.05, 4.69) is 26.1 Å². The van der Waals surface area contributed by atoms with Crippen LogP contribution in [-0.2, 0) is 9.53 Å². The van der Waals surface area contributed by atoms with Gasteiger partial charge in [0.25, 0.3) is 0 Å². The van der Waals surface area contributed by atoms with Crippen LogP contribution in [0.4, 0.5) is 0 Å². The Morgan fingerprint density at radius 1 is 1.56 bits per heavy atom. The highest BCUT2D eigenvalue weighted by Gasteiger charge is 2.29. The number of amides is 1. The fourth-order valence-electron chi connectivity index (χ4n) is 1.92. The van der Waals surface area contributed by atoms with Gasteiger partial charge in [0, 0.05) is 18.7 Å². The zero-order valence-corrected chi connectivity index (χ0v) is 10.8. The van der Waals surface area contributed by atoms with Gasteiger partial charge in [-0.15, -0.1) is 0 Å². The van der Waals surface area contributed by atoms with E-state index in [-0.39, 0.29) is 17.6 Å². The van der Waals surface area contributed by atoms with Crippen LogP contribution in [0.2, 0.25) is 0 Å². The zero-order valence-electron chi connectivity index (χ0n) is 10.8. The standard InChI is InChI=1S/C13H23NO2/c1-5-10(2)8-12(15)14-11-6-7-16-13(3,4)9-11/h8,11H,5-7,9H2,1-4H3,(H,14,15)/b10-8+/t11-/m1/s1. The van der Waals surface area contributed by atoms with Crippen molar-refractivity contribution in [1.82, 2.24) is 5.32 Å². The van der Waals surface area contributed by atoms with Crippen LogP contribution in [0.5, 0.6) is 0 Å². The summed E-state index contributed by atoms with van der Waals surface area (Å²) in [6, 6.07) is 0.247. The second-order valence-electron chi connectivity index (χ2n) is 5.15. The second-order valence-corrected chi connectivity index (χ2v) is 5.15. The molecule has 0 aromatic rings. The Bertz CT molecular complexity index is 282. The van der Waals surface area contributed by atoms with Gasteiger partial charge in [0.05, 0.1) is 5.60 Å². The van der Waals surface area contributed by atoms with Crippen molar-refractivity contribution in [1.29, 1.82) is 0 Å². The fourth-order valence-corrected chi connectivity index (χ4v) is 1.92. The molecule has 0 bridgehead atoms. The van der Waals surface area contributed by atoms with Gasteiger partial charge in [0.15, 0.2) is 0 Å². The lowest BCUT2D eigenvalue weighted by atomic mass is 9.94. The van der Waals surface area contributed by atoms with E-state index in [0.29, 0.717) is 0 Å². The Morgan fingerprint density at radius 2 is 2.25 bits per heavy atom. The van der Waals surface area contributed by atoms with Gasteiger partial charge < -0.3 is 10.1 Å². The Kier molecular flexibility index (Phi) is 4.54. The minimum atomic E-state index is -0.111. The normalized spacial score (nSPS) is 25.2. The van der Waals surface area contributed by atoms with Gasteiger partial charge in [-0.05, 0) is 40.0 Å². The third kappa shape index (κ3) is 4.35. The molecule has 1 N–H and O–H groups in total. The topological polar surface area (TPSA) is 38.3 Å². The highest BCUT2D eigenvalue weighted by Crippen LogP contribution is 2.23. The first-order chi connectivity index (χ1) is 7.43.